The van der Waals surface area contributed by atoms with Crippen molar-refractivity contribution in [2.24, 2.45) is 0 Å². The first-order chi connectivity index (χ1) is 18.0. The Labute approximate surface area is 223 Å². The minimum Gasteiger partial charge on any atom is -0.497 e. The van der Waals surface area contributed by atoms with Gasteiger partial charge in [-0.3, -0.25) is 14.5 Å². The Balaban J connectivity index is 1.46. The Kier molecular flexibility index (Phi) is 8.74. The maximum absolute atomic E-state index is 13.5. The van der Waals surface area contributed by atoms with Gasteiger partial charge in [0.05, 0.1) is 20.6 Å². The number of ether oxygens (including phenoxy) is 2. The van der Waals surface area contributed by atoms with Crippen molar-refractivity contribution < 1.29 is 19.1 Å². The van der Waals surface area contributed by atoms with Crippen molar-refractivity contribution in [3.63, 3.8) is 0 Å². The molecular formula is C29H31N3O4S. The van der Waals surface area contributed by atoms with E-state index in [1.165, 1.54) is 0 Å². The summed E-state index contributed by atoms with van der Waals surface area (Å²) in [6.45, 7) is 0.997. The average molecular weight is 518 g/mol. The summed E-state index contributed by atoms with van der Waals surface area (Å²) in [5.41, 5.74) is 2.87. The Bertz CT molecular complexity index is 1220. The molecule has 1 fully saturated rings. The summed E-state index contributed by atoms with van der Waals surface area (Å²) in [4.78, 5) is 30.0. The predicted molar refractivity (Wildman–Crippen MR) is 148 cm³/mol. The van der Waals surface area contributed by atoms with Crippen LogP contribution in [0.5, 0.6) is 11.5 Å². The molecule has 0 bridgehead atoms. The predicted octanol–water partition coefficient (Wildman–Crippen LogP) is 4.32. The molecule has 3 aromatic rings. The van der Waals surface area contributed by atoms with E-state index in [4.69, 9.17) is 21.7 Å². The number of benzene rings is 3. The summed E-state index contributed by atoms with van der Waals surface area (Å²) in [7, 11) is 3.22. The van der Waals surface area contributed by atoms with Crippen LogP contribution in [0.1, 0.15) is 17.5 Å². The van der Waals surface area contributed by atoms with Crippen molar-refractivity contribution in [1.82, 2.24) is 9.80 Å². The lowest BCUT2D eigenvalue weighted by atomic mass is 10.1. The number of amides is 2. The van der Waals surface area contributed by atoms with Gasteiger partial charge in [-0.15, -0.1) is 0 Å². The highest BCUT2D eigenvalue weighted by Crippen LogP contribution is 2.24. The van der Waals surface area contributed by atoms with E-state index in [2.05, 4.69) is 5.32 Å². The first kappa shape index (κ1) is 26.2. The van der Waals surface area contributed by atoms with E-state index in [0.29, 0.717) is 42.5 Å². The molecule has 0 radical (unpaired) electrons. The number of nitrogens with zero attached hydrogens (tertiary/aromatic N) is 2. The van der Waals surface area contributed by atoms with E-state index in [-0.39, 0.29) is 18.2 Å². The second-order valence-corrected chi connectivity index (χ2v) is 9.16. The molecule has 0 spiro atoms. The van der Waals surface area contributed by atoms with Crippen LogP contribution < -0.4 is 14.8 Å². The highest BCUT2D eigenvalue weighted by molar-refractivity contribution is 7.80. The van der Waals surface area contributed by atoms with Crippen molar-refractivity contribution in [2.75, 3.05) is 32.6 Å². The van der Waals surface area contributed by atoms with Gasteiger partial charge in [0.2, 0.25) is 5.91 Å². The Hall–Kier alpha value is -3.91. The lowest BCUT2D eigenvalue weighted by Crippen LogP contribution is -2.39. The van der Waals surface area contributed by atoms with Gasteiger partial charge < -0.3 is 19.7 Å². The summed E-state index contributed by atoms with van der Waals surface area (Å²) < 4.78 is 10.4. The van der Waals surface area contributed by atoms with E-state index in [0.717, 1.165) is 16.9 Å². The SMILES string of the molecule is COc1ccc(CCN2C(=S)N(CCc3ccccc3)C(=O)C2CC(=O)Nc2ccc(OC)cc2)cc1. The fourth-order valence-electron chi connectivity index (χ4n) is 4.34. The van der Waals surface area contributed by atoms with Crippen LogP contribution in [-0.4, -0.2) is 60.1 Å². The van der Waals surface area contributed by atoms with Gasteiger partial charge >= 0.3 is 0 Å². The number of thiocarbonyl (C=S) groups is 1. The molecule has 1 N–H and O–H groups in total. The van der Waals surface area contributed by atoms with E-state index < -0.39 is 6.04 Å². The third kappa shape index (κ3) is 6.65. The molecule has 0 aromatic heterocycles. The zero-order valence-corrected chi connectivity index (χ0v) is 21.9. The van der Waals surface area contributed by atoms with Crippen molar-refractivity contribution >= 4 is 34.8 Å². The van der Waals surface area contributed by atoms with Gasteiger partial charge in [0.1, 0.15) is 17.5 Å². The van der Waals surface area contributed by atoms with E-state index in [1.54, 1.807) is 43.4 Å². The minimum absolute atomic E-state index is 0.00938. The smallest absolute Gasteiger partial charge is 0.252 e. The molecule has 1 aliphatic rings. The zero-order chi connectivity index (χ0) is 26.2. The van der Waals surface area contributed by atoms with Gasteiger partial charge in [-0.2, -0.15) is 0 Å². The van der Waals surface area contributed by atoms with E-state index in [9.17, 15) is 9.59 Å². The number of carbonyl (C=O) groups excluding carboxylic acids is 2. The molecule has 7 nitrogen and oxygen atoms in total. The maximum Gasteiger partial charge on any atom is 0.252 e. The number of carbonyl (C=O) groups is 2. The van der Waals surface area contributed by atoms with Crippen LogP contribution in [0.15, 0.2) is 78.9 Å². The summed E-state index contributed by atoms with van der Waals surface area (Å²) in [6.07, 6.45) is 1.37. The standard InChI is InChI=1S/C29H31N3O4S/c1-35-24-12-8-22(9-13-24)16-18-31-26(20-27(33)30-23-10-14-25(36-2)15-11-23)28(34)32(29(31)37)19-17-21-6-4-3-5-7-21/h3-15,26H,16-20H2,1-2H3,(H,30,33). The zero-order valence-electron chi connectivity index (χ0n) is 21.1. The van der Waals surface area contributed by atoms with E-state index in [1.807, 2.05) is 59.5 Å². The molecule has 0 saturated carbocycles. The molecule has 1 heterocycles. The monoisotopic (exact) mass is 517 g/mol. The number of rotatable bonds is 11. The molecule has 3 aromatic carbocycles. The van der Waals surface area contributed by atoms with E-state index >= 15 is 0 Å². The van der Waals surface area contributed by atoms with Crippen molar-refractivity contribution in [3.05, 3.63) is 90.0 Å². The van der Waals surface area contributed by atoms with Gasteiger partial charge in [0.15, 0.2) is 5.11 Å². The summed E-state index contributed by atoms with van der Waals surface area (Å²) in [5.74, 6) is 1.11. The Morgan fingerprint density at radius 2 is 1.41 bits per heavy atom. The van der Waals surface area contributed by atoms with Gasteiger partial charge in [-0.05, 0) is 72.6 Å². The van der Waals surface area contributed by atoms with Gasteiger partial charge in [-0.1, -0.05) is 42.5 Å². The number of hydrogen-bond acceptors (Lipinski definition) is 5. The summed E-state index contributed by atoms with van der Waals surface area (Å²) in [6, 6.07) is 24.2. The van der Waals surface area contributed by atoms with Crippen LogP contribution in [-0.2, 0) is 22.4 Å². The largest absolute Gasteiger partial charge is 0.497 e. The molecule has 192 valence electrons. The molecule has 2 amide bonds. The fraction of sp³-hybridized carbons (Fsp3) is 0.276. The van der Waals surface area contributed by atoms with Crippen molar-refractivity contribution in [3.8, 4) is 11.5 Å². The quantitative estimate of drug-likeness (QED) is 0.382. The maximum atomic E-state index is 13.5. The van der Waals surface area contributed by atoms with Crippen LogP contribution >= 0.6 is 12.2 Å². The second-order valence-electron chi connectivity index (χ2n) is 8.80. The number of methoxy groups -OCH3 is 2. The summed E-state index contributed by atoms with van der Waals surface area (Å²) >= 11 is 5.76. The second kappa shape index (κ2) is 12.4. The van der Waals surface area contributed by atoms with Crippen molar-refractivity contribution in [1.29, 1.82) is 0 Å². The van der Waals surface area contributed by atoms with Crippen LogP contribution in [0.4, 0.5) is 5.69 Å². The molecule has 1 atom stereocenters. The molecule has 1 saturated heterocycles. The first-order valence-corrected chi connectivity index (χ1v) is 12.6. The molecule has 4 rings (SSSR count). The fourth-order valence-corrected chi connectivity index (χ4v) is 4.74. The van der Waals surface area contributed by atoms with Crippen molar-refractivity contribution in [2.45, 2.75) is 25.3 Å². The minimum atomic E-state index is -0.653. The highest BCUT2D eigenvalue weighted by Gasteiger charge is 2.42. The number of nitrogens with one attached hydrogen (secondary N) is 1. The Morgan fingerprint density at radius 1 is 0.838 bits per heavy atom. The van der Waals surface area contributed by atoms with Gasteiger partial charge in [0.25, 0.3) is 5.91 Å². The molecular weight excluding hydrogens is 486 g/mol. The molecule has 0 aliphatic carbocycles. The normalized spacial score (nSPS) is 15.1. The third-order valence-corrected chi connectivity index (χ3v) is 6.88. The van der Waals surface area contributed by atoms with Crippen LogP contribution in [0.25, 0.3) is 0 Å². The lowest BCUT2D eigenvalue weighted by molar-refractivity contribution is -0.130. The molecule has 1 unspecified atom stereocenters. The highest BCUT2D eigenvalue weighted by atomic mass is 32.1. The van der Waals surface area contributed by atoms with Crippen LogP contribution in [0.2, 0.25) is 0 Å². The Morgan fingerprint density at radius 3 is 2.03 bits per heavy atom. The third-order valence-electron chi connectivity index (χ3n) is 6.42. The molecule has 37 heavy (non-hydrogen) atoms. The summed E-state index contributed by atoms with van der Waals surface area (Å²) in [5, 5.41) is 3.36. The van der Waals surface area contributed by atoms with Crippen LogP contribution in [0, 0.1) is 0 Å². The lowest BCUT2D eigenvalue weighted by Gasteiger charge is -2.24. The molecule has 8 heteroatoms. The number of hydrogen-bond donors (Lipinski definition) is 1. The average Bonchev–Trinajstić information content (AvgIpc) is 3.15. The number of anilines is 1. The first-order valence-electron chi connectivity index (χ1n) is 12.2. The van der Waals surface area contributed by atoms with Gasteiger partial charge in [-0.25, -0.2) is 0 Å². The topological polar surface area (TPSA) is 71.1 Å². The van der Waals surface area contributed by atoms with Gasteiger partial charge in [0, 0.05) is 18.8 Å². The molecule has 1 aliphatic heterocycles. The van der Waals surface area contributed by atoms with Crippen LogP contribution in [0.3, 0.4) is 0 Å².